The number of aryl methyl sites for hydroxylation is 1. The molecule has 2 amide bonds. The van der Waals surface area contributed by atoms with Crippen molar-refractivity contribution in [1.82, 2.24) is 4.90 Å². The summed E-state index contributed by atoms with van der Waals surface area (Å²) in [6.07, 6.45) is 3.16. The number of nitro groups is 1. The van der Waals surface area contributed by atoms with Gasteiger partial charge in [0.05, 0.1) is 16.9 Å². The number of imide groups is 1. The van der Waals surface area contributed by atoms with Crippen molar-refractivity contribution in [3.8, 4) is 11.5 Å². The maximum atomic E-state index is 12.8. The maximum Gasteiger partial charge on any atom is 0.293 e. The molecule has 9 heteroatoms. The summed E-state index contributed by atoms with van der Waals surface area (Å²) >= 11 is 0.930. The molecule has 0 bridgehead atoms. The minimum Gasteiger partial charge on any atom is -0.493 e. The number of methoxy groups -OCH3 is 1. The van der Waals surface area contributed by atoms with Gasteiger partial charge in [0.25, 0.3) is 16.8 Å². The second kappa shape index (κ2) is 11.5. The summed E-state index contributed by atoms with van der Waals surface area (Å²) in [6, 6.07) is 21.3. The van der Waals surface area contributed by atoms with Crippen LogP contribution in [-0.4, -0.2) is 34.6 Å². The number of nitrogens with zero attached hydrogens (tertiary/aromatic N) is 2. The van der Waals surface area contributed by atoms with Crippen molar-refractivity contribution in [1.29, 1.82) is 0 Å². The van der Waals surface area contributed by atoms with E-state index in [1.165, 1.54) is 29.7 Å². The van der Waals surface area contributed by atoms with Gasteiger partial charge in [-0.3, -0.25) is 24.6 Å². The molecule has 3 aromatic rings. The lowest BCUT2D eigenvalue weighted by Crippen LogP contribution is -2.29. The van der Waals surface area contributed by atoms with Gasteiger partial charge < -0.3 is 9.47 Å². The fourth-order valence-electron chi connectivity index (χ4n) is 3.70. The number of hydrogen-bond acceptors (Lipinski definition) is 7. The van der Waals surface area contributed by atoms with Gasteiger partial charge in [-0.25, -0.2) is 0 Å². The molecule has 4 rings (SSSR count). The van der Waals surface area contributed by atoms with Gasteiger partial charge in [-0.15, -0.1) is 0 Å². The molecule has 1 saturated heterocycles. The van der Waals surface area contributed by atoms with Crippen LogP contribution in [-0.2, 0) is 17.8 Å². The third-order valence-electron chi connectivity index (χ3n) is 5.59. The Labute approximate surface area is 212 Å². The van der Waals surface area contributed by atoms with Crippen molar-refractivity contribution in [2.24, 2.45) is 0 Å². The van der Waals surface area contributed by atoms with Crippen LogP contribution >= 0.6 is 11.8 Å². The predicted octanol–water partition coefficient (Wildman–Crippen LogP) is 5.85. The molecule has 3 aromatic carbocycles. The number of amides is 2. The standard InChI is InChI=1S/C27H24N2O6S/c1-34-24-16-21(11-14-23(24)35-18-20-9-12-22(13-10-20)29(32)33)17-25-26(30)28(27(31)36-25)15-5-8-19-6-3-2-4-7-19/h2-4,6-7,9-14,16-17H,5,8,15,18H2,1H3/b25-17+. The molecule has 0 unspecified atom stereocenters. The molecule has 1 aliphatic rings. The molecule has 0 aromatic heterocycles. The van der Waals surface area contributed by atoms with Gasteiger partial charge in [0.1, 0.15) is 6.61 Å². The fraction of sp³-hybridized carbons (Fsp3) is 0.185. The number of ether oxygens (including phenoxy) is 2. The zero-order valence-electron chi connectivity index (χ0n) is 19.6. The van der Waals surface area contributed by atoms with Crippen molar-refractivity contribution < 1.29 is 24.0 Å². The summed E-state index contributed by atoms with van der Waals surface area (Å²) in [6.45, 7) is 0.575. The van der Waals surface area contributed by atoms with Crippen LogP contribution in [0.1, 0.15) is 23.1 Å². The Morgan fingerprint density at radius 1 is 0.972 bits per heavy atom. The summed E-state index contributed by atoms with van der Waals surface area (Å²) < 4.78 is 11.3. The van der Waals surface area contributed by atoms with Crippen molar-refractivity contribution in [2.45, 2.75) is 19.4 Å². The molecule has 0 aliphatic carbocycles. The molecule has 36 heavy (non-hydrogen) atoms. The largest absolute Gasteiger partial charge is 0.493 e. The lowest BCUT2D eigenvalue weighted by atomic mass is 10.1. The highest BCUT2D eigenvalue weighted by atomic mass is 32.2. The highest BCUT2D eigenvalue weighted by Crippen LogP contribution is 2.35. The second-order valence-corrected chi connectivity index (χ2v) is 9.04. The lowest BCUT2D eigenvalue weighted by Gasteiger charge is -2.12. The Bertz CT molecular complexity index is 1290. The Hall–Kier alpha value is -4.11. The van der Waals surface area contributed by atoms with E-state index in [2.05, 4.69) is 0 Å². The van der Waals surface area contributed by atoms with E-state index < -0.39 is 4.92 Å². The average Bonchev–Trinajstić information content (AvgIpc) is 3.16. The van der Waals surface area contributed by atoms with E-state index in [4.69, 9.17) is 9.47 Å². The molecule has 0 spiro atoms. The highest BCUT2D eigenvalue weighted by Gasteiger charge is 2.34. The first-order valence-electron chi connectivity index (χ1n) is 11.3. The van der Waals surface area contributed by atoms with Gasteiger partial charge in [-0.2, -0.15) is 0 Å². The molecule has 0 saturated carbocycles. The highest BCUT2D eigenvalue weighted by molar-refractivity contribution is 8.18. The number of rotatable bonds is 10. The Balaban J connectivity index is 1.39. The molecule has 0 N–H and O–H groups in total. The predicted molar refractivity (Wildman–Crippen MR) is 138 cm³/mol. The quantitative estimate of drug-likeness (QED) is 0.194. The van der Waals surface area contributed by atoms with Crippen molar-refractivity contribution >= 4 is 34.7 Å². The smallest absolute Gasteiger partial charge is 0.293 e. The normalized spacial score (nSPS) is 14.4. The van der Waals surface area contributed by atoms with Gasteiger partial charge in [0, 0.05) is 18.7 Å². The first-order valence-corrected chi connectivity index (χ1v) is 12.1. The SMILES string of the molecule is COc1cc(/C=C2/SC(=O)N(CCCc3ccccc3)C2=O)ccc1OCc1ccc([N+](=O)[O-])cc1. The van der Waals surface area contributed by atoms with E-state index in [0.717, 1.165) is 23.7 Å². The lowest BCUT2D eigenvalue weighted by molar-refractivity contribution is -0.384. The van der Waals surface area contributed by atoms with Crippen molar-refractivity contribution in [2.75, 3.05) is 13.7 Å². The zero-order valence-corrected chi connectivity index (χ0v) is 20.4. The van der Waals surface area contributed by atoms with Crippen LogP contribution in [0.25, 0.3) is 6.08 Å². The summed E-state index contributed by atoms with van der Waals surface area (Å²) in [5.74, 6) is 0.658. The number of carbonyl (C=O) groups excluding carboxylic acids is 2. The monoisotopic (exact) mass is 504 g/mol. The van der Waals surface area contributed by atoms with Gasteiger partial charge in [-0.05, 0) is 71.6 Å². The van der Waals surface area contributed by atoms with Gasteiger partial charge in [0.2, 0.25) is 0 Å². The Kier molecular flexibility index (Phi) is 8.02. The van der Waals surface area contributed by atoms with Crippen LogP contribution in [0.3, 0.4) is 0 Å². The molecular formula is C27H24N2O6S. The third-order valence-corrected chi connectivity index (χ3v) is 6.50. The van der Waals surface area contributed by atoms with E-state index in [0.29, 0.717) is 34.9 Å². The molecular weight excluding hydrogens is 480 g/mol. The number of nitro benzene ring substituents is 1. The van der Waals surface area contributed by atoms with Gasteiger partial charge in [0.15, 0.2) is 11.5 Å². The number of benzene rings is 3. The second-order valence-electron chi connectivity index (χ2n) is 8.05. The summed E-state index contributed by atoms with van der Waals surface area (Å²) in [7, 11) is 1.51. The maximum absolute atomic E-state index is 12.8. The fourth-order valence-corrected chi connectivity index (χ4v) is 4.56. The summed E-state index contributed by atoms with van der Waals surface area (Å²) in [4.78, 5) is 37.3. The van der Waals surface area contributed by atoms with Crippen LogP contribution in [0, 0.1) is 10.1 Å². The molecule has 0 radical (unpaired) electrons. The number of non-ortho nitro benzene ring substituents is 1. The minimum absolute atomic E-state index is 0.0151. The van der Waals surface area contributed by atoms with E-state index in [1.54, 1.807) is 36.4 Å². The molecule has 1 fully saturated rings. The average molecular weight is 505 g/mol. The molecule has 1 aliphatic heterocycles. The third kappa shape index (κ3) is 6.11. The Morgan fingerprint density at radius 2 is 1.72 bits per heavy atom. The van der Waals surface area contributed by atoms with Crippen LogP contribution in [0.15, 0.2) is 77.7 Å². The van der Waals surface area contributed by atoms with Gasteiger partial charge in [-0.1, -0.05) is 36.4 Å². The van der Waals surface area contributed by atoms with Gasteiger partial charge >= 0.3 is 0 Å². The number of thioether (sulfide) groups is 1. The van der Waals surface area contributed by atoms with Crippen LogP contribution in [0.5, 0.6) is 11.5 Å². The molecule has 8 nitrogen and oxygen atoms in total. The number of hydrogen-bond donors (Lipinski definition) is 0. The van der Waals surface area contributed by atoms with Crippen molar-refractivity contribution in [3.63, 3.8) is 0 Å². The molecule has 0 atom stereocenters. The van der Waals surface area contributed by atoms with Crippen LogP contribution < -0.4 is 9.47 Å². The van der Waals surface area contributed by atoms with E-state index in [9.17, 15) is 19.7 Å². The summed E-state index contributed by atoms with van der Waals surface area (Å²) in [5.41, 5.74) is 2.65. The molecule has 1 heterocycles. The van der Waals surface area contributed by atoms with Crippen molar-refractivity contribution in [3.05, 3.63) is 105 Å². The van der Waals surface area contributed by atoms with E-state index >= 15 is 0 Å². The zero-order chi connectivity index (χ0) is 25.5. The van der Waals surface area contributed by atoms with Crippen LogP contribution in [0.4, 0.5) is 10.5 Å². The minimum atomic E-state index is -0.453. The Morgan fingerprint density at radius 3 is 2.42 bits per heavy atom. The number of carbonyl (C=O) groups is 2. The first-order chi connectivity index (χ1) is 17.4. The molecule has 184 valence electrons. The summed E-state index contributed by atoms with van der Waals surface area (Å²) in [5, 5.41) is 10.5. The first kappa shape index (κ1) is 25.0. The van der Waals surface area contributed by atoms with E-state index in [1.807, 2.05) is 30.3 Å². The van der Waals surface area contributed by atoms with Crippen LogP contribution in [0.2, 0.25) is 0 Å². The topological polar surface area (TPSA) is 99.0 Å². The van der Waals surface area contributed by atoms with E-state index in [-0.39, 0.29) is 23.4 Å².